The van der Waals surface area contributed by atoms with Gasteiger partial charge in [-0.05, 0) is 13.8 Å². The maximum Gasteiger partial charge on any atom is 0.313 e. The monoisotopic (exact) mass is 1260 g/mol. The predicted molar refractivity (Wildman–Crippen MR) is 265 cm³/mol. The van der Waals surface area contributed by atoms with E-state index < -0.39 is 142 Å². The quantitative estimate of drug-likeness (QED) is 0.0152. The summed E-state index contributed by atoms with van der Waals surface area (Å²) in [6.07, 6.45) is -14.6. The Bertz CT molecular complexity index is 3640. The van der Waals surface area contributed by atoms with Crippen LogP contribution in [0.3, 0.4) is 0 Å². The first-order valence-electron chi connectivity index (χ1n) is 24.4. The summed E-state index contributed by atoms with van der Waals surface area (Å²) < 4.78 is 127. The van der Waals surface area contributed by atoms with Crippen molar-refractivity contribution in [2.75, 3.05) is 71.1 Å². The van der Waals surface area contributed by atoms with Gasteiger partial charge in [0.15, 0.2) is 41.4 Å². The summed E-state index contributed by atoms with van der Waals surface area (Å²) in [4.78, 5) is 108. The SMILES string of the molecule is CNc1ncnc2c1ncn2[C@@H]1O[C@H](COP(=O)([O-])OP(=O)([O-])OP(=O)([O-])OC[C@H]2O[C@@H]([n+]3cn(C)c4c(=O)[nH]c(N)nc43)C(O)[C@H]2OCCOC)[C@H](OP(=O)([O-])OC[C@H]2O[C@@H](n3cnc4c(=O)[nH]c(N)nc43)C(O)[C@H]2OC(C)C)C1OC. The van der Waals surface area contributed by atoms with Gasteiger partial charge < -0.3 is 97.8 Å². The van der Waals surface area contributed by atoms with Crippen LogP contribution in [0, 0.1) is 0 Å². The number of aromatic nitrogens is 12. The molecule has 0 radical (unpaired) electrons. The number of nitrogens with two attached hydrogens (primary N) is 2. The third-order valence-electron chi connectivity index (χ3n) is 12.7. The zero-order chi connectivity index (χ0) is 60.1. The van der Waals surface area contributed by atoms with Gasteiger partial charge in [-0.3, -0.25) is 51.5 Å². The second-order valence-corrected chi connectivity index (χ2v) is 24.5. The van der Waals surface area contributed by atoms with Gasteiger partial charge in [-0.25, -0.2) is 33.1 Å². The molecule has 44 heteroatoms. The van der Waals surface area contributed by atoms with Gasteiger partial charge in [0.25, 0.3) is 48.4 Å². The van der Waals surface area contributed by atoms with Crippen LogP contribution in [0.15, 0.2) is 34.9 Å². The van der Waals surface area contributed by atoms with Gasteiger partial charge in [-0.1, -0.05) is 4.98 Å². The number of nitrogens with one attached hydrogen (secondary N) is 3. The van der Waals surface area contributed by atoms with Crippen LogP contribution in [0.25, 0.3) is 33.5 Å². The highest BCUT2D eigenvalue weighted by atomic mass is 31.3. The average Bonchev–Trinajstić information content (AvgIpc) is 3.29. The number of aromatic amines is 2. The Labute approximate surface area is 465 Å². The first kappa shape index (κ1) is 62.3. The molecule has 458 valence electrons. The number of phosphoric ester groups is 3. The Kier molecular flexibility index (Phi) is 18.5. The van der Waals surface area contributed by atoms with Gasteiger partial charge in [0.05, 0.1) is 58.8 Å². The third kappa shape index (κ3) is 13.4. The summed E-state index contributed by atoms with van der Waals surface area (Å²) in [5.74, 6) is -0.357. The molecule has 0 spiro atoms. The van der Waals surface area contributed by atoms with E-state index in [1.165, 1.54) is 52.1 Å². The van der Waals surface area contributed by atoms with E-state index in [1.807, 2.05) is 0 Å². The molecule has 3 aliphatic rings. The molecule has 83 heavy (non-hydrogen) atoms. The fourth-order valence-corrected chi connectivity index (χ4v) is 13.7. The minimum absolute atomic E-state index is 0.00795. The number of aliphatic hydroxyl groups is 2. The molecule has 0 aliphatic carbocycles. The number of hydrogen-bond acceptors (Lipinski definition) is 34. The van der Waals surface area contributed by atoms with Crippen LogP contribution >= 0.6 is 31.3 Å². The maximum absolute atomic E-state index is 13.9. The molecule has 3 saturated heterocycles. The lowest BCUT2D eigenvalue weighted by molar-refractivity contribution is -0.745. The van der Waals surface area contributed by atoms with Crippen LogP contribution in [-0.2, 0) is 85.2 Å². The van der Waals surface area contributed by atoms with E-state index in [0.717, 1.165) is 19.8 Å². The molecule has 0 bridgehead atoms. The topological polar surface area (TPSA) is 547 Å². The second-order valence-electron chi connectivity index (χ2n) is 18.6. The summed E-state index contributed by atoms with van der Waals surface area (Å²) in [6, 6.07) is 0. The Hall–Kier alpha value is -5.19. The summed E-state index contributed by atoms with van der Waals surface area (Å²) in [6.45, 7) is -0.433. The molecule has 9 N–H and O–H groups in total. The lowest BCUT2D eigenvalue weighted by Gasteiger charge is -2.35. The van der Waals surface area contributed by atoms with Crippen LogP contribution in [0.4, 0.5) is 17.7 Å². The van der Waals surface area contributed by atoms with Gasteiger partial charge >= 0.3 is 5.65 Å². The molecule has 0 amide bonds. The molecule has 0 aromatic carbocycles. The van der Waals surface area contributed by atoms with Crippen LogP contribution in [-0.4, -0.2) is 179 Å². The van der Waals surface area contributed by atoms with Gasteiger partial charge in [-0.2, -0.15) is 4.98 Å². The summed E-state index contributed by atoms with van der Waals surface area (Å²) >= 11 is 0. The number of imidazole rings is 3. The van der Waals surface area contributed by atoms with Gasteiger partial charge in [-0.15, -0.1) is 0 Å². The van der Waals surface area contributed by atoms with Crippen LogP contribution in [0.1, 0.15) is 32.5 Å². The van der Waals surface area contributed by atoms with Crippen molar-refractivity contribution in [2.24, 2.45) is 7.05 Å². The Balaban J connectivity index is 0.894. The first-order valence-corrected chi connectivity index (χ1v) is 30.2. The van der Waals surface area contributed by atoms with E-state index in [9.17, 15) is 57.6 Å². The lowest BCUT2D eigenvalue weighted by atomic mass is 10.1. The number of H-pyrrole nitrogens is 2. The number of anilines is 3. The molecule has 9 heterocycles. The number of ether oxygens (including phenoxy) is 7. The molecule has 6 aromatic heterocycles. The van der Waals surface area contributed by atoms with Crippen LogP contribution in [0.5, 0.6) is 0 Å². The number of fused-ring (bicyclic) bond motifs is 3. The number of methoxy groups -OCH3 is 2. The number of nitrogens with zero attached hydrogens (tertiary/aromatic N) is 10. The molecule has 3 aliphatic heterocycles. The van der Waals surface area contributed by atoms with Crippen molar-refractivity contribution in [2.45, 2.75) is 93.6 Å². The van der Waals surface area contributed by atoms with E-state index in [4.69, 9.17) is 62.7 Å². The zero-order valence-electron chi connectivity index (χ0n) is 44.1. The van der Waals surface area contributed by atoms with Crippen molar-refractivity contribution in [3.63, 3.8) is 0 Å². The molecule has 7 unspecified atom stereocenters. The Morgan fingerprint density at radius 3 is 1.96 bits per heavy atom. The largest absolute Gasteiger partial charge is 0.756 e. The number of phosphoric acid groups is 4. The highest BCUT2D eigenvalue weighted by Crippen LogP contribution is 2.63. The van der Waals surface area contributed by atoms with Crippen molar-refractivity contribution in [1.82, 2.24) is 53.6 Å². The first-order chi connectivity index (χ1) is 39.1. The molecule has 0 saturated carbocycles. The zero-order valence-corrected chi connectivity index (χ0v) is 47.6. The molecular weight excluding hydrogens is 1200 g/mol. The van der Waals surface area contributed by atoms with Crippen molar-refractivity contribution in [1.29, 1.82) is 0 Å². The second kappa shape index (κ2) is 24.7. The predicted octanol–water partition coefficient (Wildman–Crippen LogP) is -4.68. The van der Waals surface area contributed by atoms with Crippen molar-refractivity contribution in [3.05, 3.63) is 46.0 Å². The van der Waals surface area contributed by atoms with E-state index in [2.05, 4.69) is 53.8 Å². The molecule has 16 atom stereocenters. The lowest BCUT2D eigenvalue weighted by Crippen LogP contribution is -2.46. The Morgan fingerprint density at radius 1 is 0.735 bits per heavy atom. The van der Waals surface area contributed by atoms with Crippen molar-refractivity contribution < 1.29 is 112 Å². The maximum atomic E-state index is 13.9. The van der Waals surface area contributed by atoms with E-state index in [0.29, 0.717) is 0 Å². The summed E-state index contributed by atoms with van der Waals surface area (Å²) in [5, 5.41) is 25.6. The van der Waals surface area contributed by atoms with Gasteiger partial charge in [0.2, 0.25) is 17.7 Å². The fourth-order valence-electron chi connectivity index (χ4n) is 9.35. The summed E-state index contributed by atoms with van der Waals surface area (Å²) in [5.41, 5.74) is 10.0. The van der Waals surface area contributed by atoms with Gasteiger partial charge in [0, 0.05) is 21.3 Å². The number of nitrogen functional groups attached to an aromatic ring is 2. The number of rotatable bonds is 26. The minimum Gasteiger partial charge on any atom is -0.756 e. The number of aryl methyl sites for hydroxylation is 1. The van der Waals surface area contributed by atoms with E-state index in [1.54, 1.807) is 13.8 Å². The van der Waals surface area contributed by atoms with Crippen molar-refractivity contribution >= 4 is 82.5 Å². The van der Waals surface area contributed by atoms with Gasteiger partial charge in [0.1, 0.15) is 66.8 Å². The standard InChI is InChI=1S/C39H57N15O25P4/c1-16(2)73-26-18(75-35(24(26)56)53-14-46-21-31(53)47-38(40)49-33(21)57)10-70-80(59,60)77-27-19(76-37(28(27)68-6)52-13-45-20-29(42-3)43-12-44-30(20)52)11-72-82(63,64)79-83(65,66)78-81(61,62)71-9-17-25(69-8-7-67-5)23(55)36(74-17)54-15-51(4)22-32(54)48-39(41)50-34(22)58/h12-19,23-28,35-37,55-56H,7-11H2,1-6H3,(H10-,40,41,42,43,44,47,48,49,50,57,58,59,60,61,62,63,64,65,66)/p-3/t17-,18-,19-,23?,24?,25+,26+,27+,28?,35-,36-,37-/m1/s1. The smallest absolute Gasteiger partial charge is 0.313 e. The minimum atomic E-state index is -6.59. The fraction of sp³-hybridized carbons (Fsp3) is 0.615. The van der Waals surface area contributed by atoms with Crippen LogP contribution in [0.2, 0.25) is 0 Å². The molecular formula is C39H54N15O25P4-3. The average molecular weight is 1260 g/mol. The molecule has 6 aromatic rings. The molecule has 40 nitrogen and oxygen atoms in total. The highest BCUT2D eigenvalue weighted by Gasteiger charge is 2.52. The number of hydrogen-bond donors (Lipinski definition) is 7. The van der Waals surface area contributed by atoms with E-state index >= 15 is 0 Å². The van der Waals surface area contributed by atoms with Crippen LogP contribution < -0.4 is 52.0 Å². The van der Waals surface area contributed by atoms with E-state index in [-0.39, 0.29) is 64.4 Å². The number of aliphatic hydroxyl groups excluding tert-OH is 2. The normalized spacial score (nSPS) is 28.7. The molecule has 9 rings (SSSR count). The Morgan fingerprint density at radius 2 is 1.33 bits per heavy atom. The molecule has 3 fully saturated rings. The summed E-state index contributed by atoms with van der Waals surface area (Å²) in [7, 11) is -19.4. The third-order valence-corrected chi connectivity index (χ3v) is 17.8. The highest BCUT2D eigenvalue weighted by molar-refractivity contribution is 7.65. The van der Waals surface area contributed by atoms with Crippen molar-refractivity contribution in [3.8, 4) is 0 Å².